The maximum absolute atomic E-state index is 12.3. The van der Waals surface area contributed by atoms with Crippen LogP contribution in [0.3, 0.4) is 0 Å². The molecular formula is C20H29N3O3. The molecule has 2 N–H and O–H groups in total. The predicted molar refractivity (Wildman–Crippen MR) is 99.9 cm³/mol. The third kappa shape index (κ3) is 4.34. The minimum atomic E-state index is -0.867. The third-order valence-electron chi connectivity index (χ3n) is 6.27. The summed E-state index contributed by atoms with van der Waals surface area (Å²) in [5.74, 6) is -1.33. The molecule has 2 heterocycles. The Hall–Kier alpha value is -2.11. The van der Waals surface area contributed by atoms with E-state index in [1.54, 1.807) is 6.92 Å². The largest absolute Gasteiger partial charge is 0.481 e. The van der Waals surface area contributed by atoms with Crippen molar-refractivity contribution >= 4 is 17.6 Å². The van der Waals surface area contributed by atoms with Crippen molar-refractivity contribution in [2.75, 3.05) is 24.5 Å². The van der Waals surface area contributed by atoms with E-state index in [9.17, 15) is 9.59 Å². The number of hydrogen-bond acceptors (Lipinski definition) is 4. The van der Waals surface area contributed by atoms with E-state index in [0.29, 0.717) is 5.41 Å². The van der Waals surface area contributed by atoms with Gasteiger partial charge in [0.1, 0.15) is 0 Å². The lowest BCUT2D eigenvalue weighted by Gasteiger charge is -2.46. The number of nitrogens with zero attached hydrogens (tertiary/aromatic N) is 2. The van der Waals surface area contributed by atoms with Crippen molar-refractivity contribution in [2.24, 2.45) is 17.3 Å². The summed E-state index contributed by atoms with van der Waals surface area (Å²) < 4.78 is 0. The van der Waals surface area contributed by atoms with E-state index in [2.05, 4.69) is 27.3 Å². The van der Waals surface area contributed by atoms with Crippen LogP contribution in [0.25, 0.3) is 0 Å². The van der Waals surface area contributed by atoms with E-state index >= 15 is 0 Å². The average molecular weight is 359 g/mol. The Morgan fingerprint density at radius 2 is 1.85 bits per heavy atom. The number of pyridine rings is 1. The number of aromatic nitrogens is 1. The van der Waals surface area contributed by atoms with Crippen molar-refractivity contribution in [3.8, 4) is 0 Å². The Balaban J connectivity index is 1.45. The zero-order valence-corrected chi connectivity index (χ0v) is 15.5. The van der Waals surface area contributed by atoms with Gasteiger partial charge in [-0.15, -0.1) is 0 Å². The highest BCUT2D eigenvalue weighted by atomic mass is 16.4. The maximum Gasteiger partial charge on any atom is 0.308 e. The van der Waals surface area contributed by atoms with Crippen LogP contribution in [0.15, 0.2) is 24.5 Å². The minimum absolute atomic E-state index is 0.0298. The van der Waals surface area contributed by atoms with Crippen LogP contribution in [0.5, 0.6) is 0 Å². The Labute approximate surface area is 155 Å². The molecule has 2 fully saturated rings. The molecule has 1 saturated heterocycles. The van der Waals surface area contributed by atoms with Gasteiger partial charge >= 0.3 is 5.97 Å². The number of amides is 1. The molecule has 26 heavy (non-hydrogen) atoms. The standard InChI is InChI=1S/C20H29N3O3/c1-15(19(25)26)14-22-18(24)16-2-6-20(7-3-16)8-12-23(13-9-20)17-4-10-21-11-5-17/h4-5,10-11,15-16H,2-3,6-9,12-14H2,1H3,(H,22,24)(H,25,26)/t15-/m0/s1. The molecule has 1 aliphatic heterocycles. The van der Waals surface area contributed by atoms with Crippen LogP contribution in [0.1, 0.15) is 45.4 Å². The van der Waals surface area contributed by atoms with E-state index < -0.39 is 11.9 Å². The monoisotopic (exact) mass is 359 g/mol. The average Bonchev–Trinajstić information content (AvgIpc) is 2.67. The second kappa shape index (κ2) is 8.06. The molecule has 3 rings (SSSR count). The SMILES string of the molecule is C[C@@H](CNC(=O)C1CCC2(CC1)CCN(c1ccncc1)CC2)C(=O)O. The van der Waals surface area contributed by atoms with E-state index in [-0.39, 0.29) is 18.4 Å². The van der Waals surface area contributed by atoms with E-state index in [4.69, 9.17) is 5.11 Å². The molecule has 1 saturated carbocycles. The Morgan fingerprint density at radius 1 is 1.23 bits per heavy atom. The fourth-order valence-electron chi connectivity index (χ4n) is 4.27. The summed E-state index contributed by atoms with van der Waals surface area (Å²) in [4.78, 5) is 29.7. The topological polar surface area (TPSA) is 82.5 Å². The summed E-state index contributed by atoms with van der Waals surface area (Å²) in [5, 5.41) is 11.7. The van der Waals surface area contributed by atoms with E-state index in [0.717, 1.165) is 38.8 Å². The van der Waals surface area contributed by atoms with Crippen molar-refractivity contribution in [1.29, 1.82) is 0 Å². The predicted octanol–water partition coefficient (Wildman–Crippen LogP) is 2.70. The highest BCUT2D eigenvalue weighted by molar-refractivity contribution is 5.79. The van der Waals surface area contributed by atoms with Crippen molar-refractivity contribution in [3.05, 3.63) is 24.5 Å². The second-order valence-corrected chi connectivity index (χ2v) is 7.95. The number of carbonyl (C=O) groups is 2. The molecule has 1 aromatic rings. The normalized spacial score (nSPS) is 21.3. The number of anilines is 1. The van der Waals surface area contributed by atoms with Crippen LogP contribution in [-0.4, -0.2) is 41.6 Å². The third-order valence-corrected chi connectivity index (χ3v) is 6.27. The Morgan fingerprint density at radius 3 is 2.42 bits per heavy atom. The zero-order valence-electron chi connectivity index (χ0n) is 15.5. The molecule has 1 spiro atoms. The van der Waals surface area contributed by atoms with Crippen LogP contribution in [0.2, 0.25) is 0 Å². The molecule has 0 unspecified atom stereocenters. The van der Waals surface area contributed by atoms with E-state index in [1.807, 2.05) is 12.4 Å². The summed E-state index contributed by atoms with van der Waals surface area (Å²) in [6.45, 7) is 3.97. The second-order valence-electron chi connectivity index (χ2n) is 7.95. The maximum atomic E-state index is 12.3. The van der Waals surface area contributed by atoms with Gasteiger partial charge in [-0.05, 0) is 56.1 Å². The van der Waals surface area contributed by atoms with Crippen LogP contribution >= 0.6 is 0 Å². The molecule has 0 bridgehead atoms. The molecule has 1 atom stereocenters. The molecule has 1 amide bonds. The molecule has 142 valence electrons. The molecule has 6 heteroatoms. The summed E-state index contributed by atoms with van der Waals surface area (Å²) in [5.41, 5.74) is 1.63. The minimum Gasteiger partial charge on any atom is -0.481 e. The molecular weight excluding hydrogens is 330 g/mol. The van der Waals surface area contributed by atoms with Gasteiger partial charge in [-0.25, -0.2) is 0 Å². The van der Waals surface area contributed by atoms with Crippen LogP contribution in [0.4, 0.5) is 5.69 Å². The Kier molecular flexibility index (Phi) is 5.79. The van der Waals surface area contributed by atoms with Crippen LogP contribution in [0, 0.1) is 17.3 Å². The fraction of sp³-hybridized carbons (Fsp3) is 0.650. The number of piperidine rings is 1. The number of hydrogen-bond donors (Lipinski definition) is 2. The number of carboxylic acid groups (broad SMARTS) is 1. The first kappa shape index (κ1) is 18.7. The molecule has 1 aliphatic carbocycles. The first-order valence-corrected chi connectivity index (χ1v) is 9.65. The van der Waals surface area contributed by atoms with Gasteiger partial charge in [0.15, 0.2) is 0 Å². The number of carbonyl (C=O) groups excluding carboxylic acids is 1. The summed E-state index contributed by atoms with van der Waals surface area (Å²) in [7, 11) is 0. The Bertz CT molecular complexity index is 616. The number of aliphatic carboxylic acids is 1. The molecule has 6 nitrogen and oxygen atoms in total. The zero-order chi connectivity index (χ0) is 18.6. The lowest BCUT2D eigenvalue weighted by molar-refractivity contribution is -0.141. The van der Waals surface area contributed by atoms with Crippen molar-refractivity contribution in [1.82, 2.24) is 10.3 Å². The molecule has 1 aromatic heterocycles. The van der Waals surface area contributed by atoms with Gasteiger partial charge in [-0.3, -0.25) is 14.6 Å². The van der Waals surface area contributed by atoms with Gasteiger partial charge in [0.2, 0.25) is 5.91 Å². The van der Waals surface area contributed by atoms with Gasteiger partial charge < -0.3 is 15.3 Å². The number of rotatable bonds is 5. The quantitative estimate of drug-likeness (QED) is 0.845. The fourth-order valence-corrected chi connectivity index (χ4v) is 4.27. The van der Waals surface area contributed by atoms with Crippen LogP contribution < -0.4 is 10.2 Å². The molecule has 0 aromatic carbocycles. The number of carboxylic acids is 1. The lowest BCUT2D eigenvalue weighted by Crippen LogP contribution is -2.44. The summed E-state index contributed by atoms with van der Waals surface area (Å²) in [6, 6.07) is 4.13. The number of nitrogens with one attached hydrogen (secondary N) is 1. The van der Waals surface area contributed by atoms with Gasteiger partial charge in [-0.1, -0.05) is 6.92 Å². The first-order chi connectivity index (χ1) is 12.5. The van der Waals surface area contributed by atoms with E-state index in [1.165, 1.54) is 18.5 Å². The highest BCUT2D eigenvalue weighted by Crippen LogP contribution is 2.46. The first-order valence-electron chi connectivity index (χ1n) is 9.65. The highest BCUT2D eigenvalue weighted by Gasteiger charge is 2.39. The smallest absolute Gasteiger partial charge is 0.308 e. The molecule has 0 radical (unpaired) electrons. The van der Waals surface area contributed by atoms with Gasteiger partial charge in [-0.2, -0.15) is 0 Å². The van der Waals surface area contributed by atoms with Crippen LogP contribution in [-0.2, 0) is 9.59 Å². The van der Waals surface area contributed by atoms with Gasteiger partial charge in [0.05, 0.1) is 5.92 Å². The van der Waals surface area contributed by atoms with Gasteiger partial charge in [0, 0.05) is 43.6 Å². The summed E-state index contributed by atoms with van der Waals surface area (Å²) >= 11 is 0. The lowest BCUT2D eigenvalue weighted by atomic mass is 9.65. The van der Waals surface area contributed by atoms with Gasteiger partial charge in [0.25, 0.3) is 0 Å². The summed E-state index contributed by atoms with van der Waals surface area (Å²) in [6.07, 6.45) is 10.1. The van der Waals surface area contributed by atoms with Crippen molar-refractivity contribution in [2.45, 2.75) is 45.4 Å². The molecule has 2 aliphatic rings. The van der Waals surface area contributed by atoms with Crippen molar-refractivity contribution < 1.29 is 14.7 Å². The van der Waals surface area contributed by atoms with Crippen molar-refractivity contribution in [3.63, 3.8) is 0 Å².